The van der Waals surface area contributed by atoms with Crippen molar-refractivity contribution in [3.63, 3.8) is 0 Å². The highest BCUT2D eigenvalue weighted by atomic mass is 35.5. The number of nitrogens with zero attached hydrogens (tertiary/aromatic N) is 1. The minimum atomic E-state index is -0.301. The van der Waals surface area contributed by atoms with Gasteiger partial charge in [-0.1, -0.05) is 23.7 Å². The molecule has 0 aliphatic carbocycles. The van der Waals surface area contributed by atoms with Crippen LogP contribution in [0, 0.1) is 0 Å². The number of likely N-dealkylation sites (N-methyl/N-ethyl adjacent to an activating group) is 1. The number of benzene rings is 2. The molecule has 0 aromatic heterocycles. The first-order chi connectivity index (χ1) is 12.9. The molecule has 7 heteroatoms. The summed E-state index contributed by atoms with van der Waals surface area (Å²) >= 11 is 6.15. The Kier molecular flexibility index (Phi) is 7.76. The first kappa shape index (κ1) is 20.9. The minimum absolute atomic E-state index is 0.00904. The lowest BCUT2D eigenvalue weighted by Crippen LogP contribution is -2.36. The van der Waals surface area contributed by atoms with Gasteiger partial charge in [-0.15, -0.1) is 0 Å². The number of amides is 2. The number of nitrogens with one attached hydrogen (secondary N) is 2. The van der Waals surface area contributed by atoms with Gasteiger partial charge in [-0.25, -0.2) is 4.79 Å². The topological polar surface area (TPSA) is 62.8 Å². The molecule has 1 unspecified atom stereocenters. The van der Waals surface area contributed by atoms with Crippen LogP contribution >= 0.6 is 11.6 Å². The highest BCUT2D eigenvalue weighted by Crippen LogP contribution is 2.27. The third-order valence-corrected chi connectivity index (χ3v) is 4.34. The quantitative estimate of drug-likeness (QED) is 0.708. The van der Waals surface area contributed by atoms with E-state index in [2.05, 4.69) is 10.6 Å². The fourth-order valence-electron chi connectivity index (χ4n) is 2.66. The Morgan fingerprint density at radius 3 is 2.63 bits per heavy atom. The normalized spacial score (nSPS) is 11.8. The average Bonchev–Trinajstić information content (AvgIpc) is 2.64. The standard InChI is InChI=1S/C20H26ClN3O3/c1-5-27-19-10-9-15(12-17(19)21)23-20(25)22-13-18(24(2)3)14-7-6-8-16(11-14)26-4/h6-12,18H,5,13H2,1-4H3,(H2,22,23,25). The molecule has 0 aliphatic rings. The average molecular weight is 392 g/mol. The zero-order valence-corrected chi connectivity index (χ0v) is 16.8. The Morgan fingerprint density at radius 1 is 1.22 bits per heavy atom. The van der Waals surface area contributed by atoms with Crippen molar-refractivity contribution in [3.8, 4) is 11.5 Å². The Labute approximate surface area is 165 Å². The van der Waals surface area contributed by atoms with Gasteiger partial charge >= 0.3 is 6.03 Å². The maximum Gasteiger partial charge on any atom is 0.319 e. The molecule has 0 aliphatic heterocycles. The van der Waals surface area contributed by atoms with E-state index in [9.17, 15) is 4.79 Å². The second-order valence-electron chi connectivity index (χ2n) is 6.17. The molecule has 0 heterocycles. The molecule has 2 rings (SSSR count). The summed E-state index contributed by atoms with van der Waals surface area (Å²) in [6, 6.07) is 12.7. The molecule has 0 fully saturated rings. The van der Waals surface area contributed by atoms with E-state index in [-0.39, 0.29) is 12.1 Å². The molecule has 0 spiro atoms. The van der Waals surface area contributed by atoms with Gasteiger partial charge in [0, 0.05) is 12.2 Å². The number of hydrogen-bond acceptors (Lipinski definition) is 4. The predicted molar refractivity (Wildman–Crippen MR) is 109 cm³/mol. The minimum Gasteiger partial charge on any atom is -0.497 e. The maximum atomic E-state index is 12.3. The summed E-state index contributed by atoms with van der Waals surface area (Å²) in [6.45, 7) is 2.86. The second-order valence-corrected chi connectivity index (χ2v) is 6.58. The third kappa shape index (κ3) is 6.05. The number of ether oxygens (including phenoxy) is 2. The number of carbonyl (C=O) groups is 1. The summed E-state index contributed by atoms with van der Waals surface area (Å²) < 4.78 is 10.7. The van der Waals surface area contributed by atoms with Crippen molar-refractivity contribution in [2.24, 2.45) is 0 Å². The summed E-state index contributed by atoms with van der Waals surface area (Å²) in [4.78, 5) is 14.3. The highest BCUT2D eigenvalue weighted by molar-refractivity contribution is 6.32. The largest absolute Gasteiger partial charge is 0.497 e. The van der Waals surface area contributed by atoms with Gasteiger partial charge in [0.2, 0.25) is 0 Å². The maximum absolute atomic E-state index is 12.3. The fourth-order valence-corrected chi connectivity index (χ4v) is 2.90. The van der Waals surface area contributed by atoms with Crippen LogP contribution in [-0.4, -0.2) is 45.3 Å². The van der Waals surface area contributed by atoms with Crippen molar-refractivity contribution >= 4 is 23.3 Å². The Bertz CT molecular complexity index is 768. The van der Waals surface area contributed by atoms with E-state index in [0.29, 0.717) is 29.6 Å². The molecule has 2 N–H and O–H groups in total. The van der Waals surface area contributed by atoms with Crippen LogP contribution in [-0.2, 0) is 0 Å². The number of urea groups is 1. The number of rotatable bonds is 8. The zero-order valence-electron chi connectivity index (χ0n) is 16.1. The first-order valence-electron chi connectivity index (χ1n) is 8.72. The van der Waals surface area contributed by atoms with Crippen molar-refractivity contribution in [1.82, 2.24) is 10.2 Å². The van der Waals surface area contributed by atoms with E-state index < -0.39 is 0 Å². The molecule has 2 amide bonds. The summed E-state index contributed by atoms with van der Waals surface area (Å²) in [5, 5.41) is 6.14. The molecule has 0 radical (unpaired) electrons. The Balaban J connectivity index is 1.98. The first-order valence-corrected chi connectivity index (χ1v) is 9.10. The molecule has 0 saturated carbocycles. The molecular formula is C20H26ClN3O3. The number of carbonyl (C=O) groups excluding carboxylic acids is 1. The van der Waals surface area contributed by atoms with E-state index in [1.807, 2.05) is 50.2 Å². The Morgan fingerprint density at radius 2 is 2.00 bits per heavy atom. The van der Waals surface area contributed by atoms with Crippen LogP contribution in [0.5, 0.6) is 11.5 Å². The number of halogens is 1. The van der Waals surface area contributed by atoms with Gasteiger partial charge in [0.1, 0.15) is 11.5 Å². The van der Waals surface area contributed by atoms with Crippen molar-refractivity contribution < 1.29 is 14.3 Å². The monoisotopic (exact) mass is 391 g/mol. The summed E-state index contributed by atoms with van der Waals surface area (Å²) in [6.07, 6.45) is 0. The molecule has 27 heavy (non-hydrogen) atoms. The number of anilines is 1. The van der Waals surface area contributed by atoms with E-state index >= 15 is 0 Å². The fraction of sp³-hybridized carbons (Fsp3) is 0.350. The summed E-state index contributed by atoms with van der Waals surface area (Å²) in [5.74, 6) is 1.38. The lowest BCUT2D eigenvalue weighted by atomic mass is 10.1. The number of hydrogen-bond donors (Lipinski definition) is 2. The molecule has 2 aromatic rings. The van der Waals surface area contributed by atoms with Gasteiger partial charge in [0.05, 0.1) is 24.8 Å². The van der Waals surface area contributed by atoms with Crippen molar-refractivity contribution in [2.45, 2.75) is 13.0 Å². The summed E-state index contributed by atoms with van der Waals surface area (Å²) in [7, 11) is 5.57. The molecule has 0 bridgehead atoms. The van der Waals surface area contributed by atoms with Crippen LogP contribution in [0.15, 0.2) is 42.5 Å². The van der Waals surface area contributed by atoms with Crippen molar-refractivity contribution in [1.29, 1.82) is 0 Å². The SMILES string of the molecule is CCOc1ccc(NC(=O)NCC(c2cccc(OC)c2)N(C)C)cc1Cl. The van der Waals surface area contributed by atoms with E-state index in [4.69, 9.17) is 21.1 Å². The van der Waals surface area contributed by atoms with Gasteiger partial charge < -0.3 is 25.0 Å². The third-order valence-electron chi connectivity index (χ3n) is 4.05. The van der Waals surface area contributed by atoms with Crippen LogP contribution < -0.4 is 20.1 Å². The Hall–Kier alpha value is -2.44. The van der Waals surface area contributed by atoms with Crippen LogP contribution in [0.1, 0.15) is 18.5 Å². The highest BCUT2D eigenvalue weighted by Gasteiger charge is 2.16. The van der Waals surface area contributed by atoms with Crippen LogP contribution in [0.2, 0.25) is 5.02 Å². The van der Waals surface area contributed by atoms with Crippen molar-refractivity contribution in [2.75, 3.05) is 39.7 Å². The molecule has 146 valence electrons. The smallest absolute Gasteiger partial charge is 0.319 e. The predicted octanol–water partition coefficient (Wildman–Crippen LogP) is 4.17. The van der Waals surface area contributed by atoms with Crippen LogP contribution in [0.4, 0.5) is 10.5 Å². The van der Waals surface area contributed by atoms with Crippen molar-refractivity contribution in [3.05, 3.63) is 53.1 Å². The second kappa shape index (κ2) is 10.0. The molecule has 1 atom stereocenters. The lowest BCUT2D eigenvalue weighted by molar-refractivity contribution is 0.243. The van der Waals surface area contributed by atoms with Crippen LogP contribution in [0.3, 0.4) is 0 Å². The van der Waals surface area contributed by atoms with E-state index in [1.54, 1.807) is 25.3 Å². The summed E-state index contributed by atoms with van der Waals surface area (Å²) in [5.41, 5.74) is 1.66. The lowest BCUT2D eigenvalue weighted by Gasteiger charge is -2.25. The molecule has 0 saturated heterocycles. The molecule has 6 nitrogen and oxygen atoms in total. The van der Waals surface area contributed by atoms with Gasteiger partial charge in [0.25, 0.3) is 0 Å². The zero-order chi connectivity index (χ0) is 19.8. The molecule has 2 aromatic carbocycles. The van der Waals surface area contributed by atoms with Gasteiger partial charge in [0.15, 0.2) is 0 Å². The van der Waals surface area contributed by atoms with Gasteiger partial charge in [-0.2, -0.15) is 0 Å². The number of methoxy groups -OCH3 is 1. The molecular weight excluding hydrogens is 366 g/mol. The van der Waals surface area contributed by atoms with E-state index in [0.717, 1.165) is 11.3 Å². The van der Waals surface area contributed by atoms with E-state index in [1.165, 1.54) is 0 Å². The van der Waals surface area contributed by atoms with Crippen LogP contribution in [0.25, 0.3) is 0 Å². The van der Waals surface area contributed by atoms with Gasteiger partial charge in [-0.05, 0) is 56.9 Å². The van der Waals surface area contributed by atoms with Gasteiger partial charge in [-0.3, -0.25) is 0 Å².